The smallest absolute Gasteiger partial charge is 0.344 e. The van der Waals surface area contributed by atoms with Crippen molar-refractivity contribution in [2.45, 2.75) is 499 Å². The molecule has 6 atom stereocenters. The van der Waals surface area contributed by atoms with Crippen LogP contribution in [0.5, 0.6) is 0 Å². The zero-order valence-corrected chi connectivity index (χ0v) is 95.2. The van der Waals surface area contributed by atoms with Gasteiger partial charge in [-0.2, -0.15) is 0 Å². The highest BCUT2D eigenvalue weighted by Gasteiger charge is 2.57. The minimum absolute atomic E-state index is 0.0232. The van der Waals surface area contributed by atoms with Crippen molar-refractivity contribution in [3.8, 4) is 0 Å². The van der Waals surface area contributed by atoms with Crippen molar-refractivity contribution < 1.29 is 168 Å². The number of rotatable bonds is 61. The summed E-state index contributed by atoms with van der Waals surface area (Å²) in [5.41, 5.74) is -14.8. The number of aliphatic carboxylic acids is 5. The number of hydrogen-bond donors (Lipinski definition) is 5. The van der Waals surface area contributed by atoms with Crippen LogP contribution in [0, 0.1) is 59.6 Å². The predicted molar refractivity (Wildman–Crippen MR) is 551 cm³/mol. The van der Waals surface area contributed by atoms with E-state index >= 15 is 4.39 Å². The molecule has 0 saturated heterocycles. The molecule has 147 heavy (non-hydrogen) atoms. The van der Waals surface area contributed by atoms with Crippen LogP contribution >= 0.6 is 0 Å². The van der Waals surface area contributed by atoms with E-state index in [0.29, 0.717) is 58.2 Å². The highest BCUT2D eigenvalue weighted by Crippen LogP contribution is 2.49. The van der Waals surface area contributed by atoms with Crippen LogP contribution in [-0.4, -0.2) is 209 Å². The summed E-state index contributed by atoms with van der Waals surface area (Å²) in [6, 6.07) is 0. The van der Waals surface area contributed by atoms with E-state index in [1.165, 1.54) is 26.7 Å². The Morgan fingerprint density at radius 2 is 0.585 bits per heavy atom. The number of hydrogen-bond acceptors (Lipinski definition) is 29. The van der Waals surface area contributed by atoms with Gasteiger partial charge >= 0.3 is 101 Å². The van der Waals surface area contributed by atoms with E-state index in [0.717, 1.165) is 148 Å². The summed E-state index contributed by atoms with van der Waals surface area (Å²) in [4.78, 5) is 204. The summed E-state index contributed by atoms with van der Waals surface area (Å²) in [6.45, 7) is 49.2. The summed E-state index contributed by atoms with van der Waals surface area (Å²) in [6.07, 6.45) is 27.4. The van der Waals surface area contributed by atoms with Crippen LogP contribution in [0.4, 0.5) is 4.39 Å². The fraction of sp³-hybridized carbons (Fsp3) is 0.848. The lowest BCUT2D eigenvalue weighted by atomic mass is 9.71. The third kappa shape index (κ3) is 53.5. The molecule has 0 bridgehead atoms. The molecular formula is C112H193FO34. The van der Waals surface area contributed by atoms with Crippen LogP contribution in [0.25, 0.3) is 0 Å². The average Bonchev–Trinajstić information content (AvgIpc) is 0.769. The van der Waals surface area contributed by atoms with Gasteiger partial charge in [0.2, 0.25) is 5.67 Å². The van der Waals surface area contributed by atoms with Crippen molar-refractivity contribution in [3.63, 3.8) is 0 Å². The van der Waals surface area contributed by atoms with Crippen LogP contribution in [0.2, 0.25) is 0 Å². The third-order valence-electron chi connectivity index (χ3n) is 29.1. The second-order valence-corrected chi connectivity index (χ2v) is 46.5. The second kappa shape index (κ2) is 66.6. The molecule has 34 nitrogen and oxygen atoms in total. The van der Waals surface area contributed by atoms with Gasteiger partial charge in [-0.25, -0.2) is 14.0 Å². The molecule has 0 radical (unpaired) electrons. The van der Waals surface area contributed by atoms with Gasteiger partial charge in [-0.3, -0.25) is 71.9 Å². The van der Waals surface area contributed by atoms with Gasteiger partial charge in [0.25, 0.3) is 0 Å². The van der Waals surface area contributed by atoms with Gasteiger partial charge in [-0.05, 0) is 278 Å². The van der Waals surface area contributed by atoms with Crippen LogP contribution in [-0.2, 0) is 138 Å². The number of esters is 12. The van der Waals surface area contributed by atoms with E-state index in [1.807, 2.05) is 76.2 Å². The fourth-order valence-corrected chi connectivity index (χ4v) is 17.5. The second-order valence-electron chi connectivity index (χ2n) is 46.5. The molecule has 0 aromatic rings. The van der Waals surface area contributed by atoms with Gasteiger partial charge in [-0.1, -0.05) is 147 Å². The van der Waals surface area contributed by atoms with Gasteiger partial charge in [0.1, 0.15) is 49.8 Å². The van der Waals surface area contributed by atoms with Crippen LogP contribution in [0.1, 0.15) is 470 Å². The maximum Gasteiger partial charge on any atom is 0.344 e. The molecule has 3 saturated carbocycles. The first-order valence-corrected chi connectivity index (χ1v) is 53.9. The largest absolute Gasteiger partial charge is 0.481 e. The molecule has 852 valence electrons. The summed E-state index contributed by atoms with van der Waals surface area (Å²) >= 11 is 0. The van der Waals surface area contributed by atoms with Gasteiger partial charge in [-0.15, -0.1) is 0 Å². The van der Waals surface area contributed by atoms with Crippen molar-refractivity contribution in [1.29, 1.82) is 0 Å². The van der Waals surface area contributed by atoms with Crippen molar-refractivity contribution >= 4 is 101 Å². The number of unbranched alkanes of at least 4 members (excludes halogenated alkanes) is 6. The summed E-state index contributed by atoms with van der Waals surface area (Å²) in [7, 11) is 0. The summed E-state index contributed by atoms with van der Waals surface area (Å²) in [5.74, 6) is -11.8. The van der Waals surface area contributed by atoms with Crippen LogP contribution in [0.15, 0.2) is 0 Å². The lowest BCUT2D eigenvalue weighted by Gasteiger charge is -2.43. The molecular weight excluding hydrogens is 1910 g/mol. The standard InChI is InChI=1S/C32H55FO8.C22H36O8.C22H38O8.C20H36O6.C16H28O4/c1-11-30(10,25(37)41-31(12-2)18-16-14-13-15-17-19-31)22-32(33,26(38)40-29(8,9)27(3,4)5)21-28(6,7)24(36)39-20-23(34)35;1-5-22(4,20(27)30-16-9-7-6-8-10-16)15-21(2,3)19(26)29-14-13-28-18(25)12-11-17(23)24;1-6-8-9-10-13-29-20(27)22(5,7-2)16-21(3,4)19(26)30-15-14-28-18(25)12-11-17(23)24;1-6-8-9-10-13-26-18(24)20(5,7-2)15-19(3,4)17(23)25-14-11-12-16(21)22;1-5-16(4,11-15(2,3)13(17)18)14(19)20-12-9-7-6-8-10-12/h11-22H2,1-10H3,(H,34,35);16H,5-15H2,1-4H3,(H,23,24);6-16H2,1-5H3,(H,23,24);6-15H2,1-5H3,(H,21,22);12H,5-11H2,1-4H3,(H,17,18). The Balaban J connectivity index is 0. The zero-order chi connectivity index (χ0) is 114. The number of carbonyl (C=O) groups excluding carboxylic acids is 12. The van der Waals surface area contributed by atoms with Gasteiger partial charge in [0.15, 0.2) is 6.61 Å². The Morgan fingerprint density at radius 3 is 0.912 bits per heavy atom. The minimum atomic E-state index is -2.78. The molecule has 6 unspecified atom stereocenters. The van der Waals surface area contributed by atoms with Gasteiger partial charge in [0, 0.05) is 24.7 Å². The predicted octanol–water partition coefficient (Wildman–Crippen LogP) is 23.0. The van der Waals surface area contributed by atoms with E-state index in [4.69, 9.17) is 77.3 Å². The van der Waals surface area contributed by atoms with Crippen molar-refractivity contribution in [2.24, 2.45) is 59.6 Å². The Hall–Kier alpha value is -9.08. The molecule has 0 aromatic carbocycles. The number of halogens is 1. The Kier molecular flexibility index (Phi) is 63.4. The molecule has 3 aliphatic carbocycles. The molecule has 0 amide bonds. The number of ether oxygens (including phenoxy) is 12. The molecule has 0 heterocycles. The van der Waals surface area contributed by atoms with Crippen LogP contribution < -0.4 is 0 Å². The average molecular weight is 2100 g/mol. The molecule has 3 rings (SSSR count). The Labute approximate surface area is 876 Å². The SMILES string of the molecule is CCC(C)(CC(C)(C)C(=O)O)C(=O)OC1CCCCC1.CCC(C)(CC(C)(C)C(=O)OCCOC(=O)CCC(=O)O)C(=O)OC1CCCCC1.CCC1(OC(=O)C(C)(CC)CC(F)(CC(C)(C)C(=O)OCC(=O)O)C(=O)OC(C)(C)C(C)(C)C)CCCCCCC1.CCCCCCOC(=O)C(C)(CC)CC(C)(C)C(=O)OCCCC(=O)O.CCCCCCOC(=O)C(C)(CC)CC(C)(C)C(=O)OCCOC(=O)CCC(=O)O. The summed E-state index contributed by atoms with van der Waals surface area (Å²) in [5, 5.41) is 43.8. The number of carbonyl (C=O) groups is 17. The van der Waals surface area contributed by atoms with E-state index in [1.54, 1.807) is 90.0 Å². The normalized spacial score (nSPS) is 16.8. The maximum atomic E-state index is 17.3. The maximum absolute atomic E-state index is 17.3. The molecule has 0 spiro atoms. The topological polar surface area (TPSA) is 502 Å². The molecule has 3 aliphatic rings. The molecule has 35 heteroatoms. The first-order valence-electron chi connectivity index (χ1n) is 53.9. The number of alkyl halides is 1. The molecule has 3 fully saturated rings. The van der Waals surface area contributed by atoms with Crippen LogP contribution in [0.3, 0.4) is 0 Å². The minimum Gasteiger partial charge on any atom is -0.481 e. The summed E-state index contributed by atoms with van der Waals surface area (Å²) < 4.78 is 81.7. The Bertz CT molecular complexity index is 4080. The number of carboxylic acids is 5. The van der Waals surface area contributed by atoms with Crippen molar-refractivity contribution in [2.75, 3.05) is 52.9 Å². The number of carboxylic acid groups (broad SMARTS) is 5. The first kappa shape index (κ1) is 140. The van der Waals surface area contributed by atoms with E-state index in [2.05, 4.69) is 13.8 Å². The van der Waals surface area contributed by atoms with E-state index in [9.17, 15) is 86.6 Å². The molecule has 5 N–H and O–H groups in total. The third-order valence-corrected chi connectivity index (χ3v) is 29.1. The van der Waals surface area contributed by atoms with Crippen molar-refractivity contribution in [1.82, 2.24) is 0 Å². The van der Waals surface area contributed by atoms with E-state index < -0.39 is 173 Å². The highest BCUT2D eigenvalue weighted by atomic mass is 19.1. The van der Waals surface area contributed by atoms with Gasteiger partial charge < -0.3 is 82.4 Å². The van der Waals surface area contributed by atoms with Crippen molar-refractivity contribution in [3.05, 3.63) is 0 Å². The lowest BCUT2D eigenvalue weighted by Crippen LogP contribution is -2.52. The quantitative estimate of drug-likeness (QED) is 0.0214. The van der Waals surface area contributed by atoms with Gasteiger partial charge in [0.05, 0.1) is 99.7 Å². The monoisotopic (exact) mass is 2100 g/mol. The lowest BCUT2D eigenvalue weighted by molar-refractivity contribution is -0.192. The Morgan fingerprint density at radius 1 is 0.286 bits per heavy atom. The molecule has 0 aliphatic heterocycles. The molecule has 0 aromatic heterocycles. The zero-order valence-electron chi connectivity index (χ0n) is 95.2. The van der Waals surface area contributed by atoms with E-state index in [-0.39, 0.29) is 127 Å². The highest BCUT2D eigenvalue weighted by molar-refractivity contribution is 5.87. The fourth-order valence-electron chi connectivity index (χ4n) is 17.5. The first-order chi connectivity index (χ1) is 67.9.